The average molecular weight is 371 g/mol. The zero-order chi connectivity index (χ0) is 18.3. The molecule has 1 aliphatic carbocycles. The molecule has 1 heterocycles. The number of benzene rings is 2. The highest BCUT2D eigenvalue weighted by atomic mass is 35.5. The number of hydrogen-bond donors (Lipinski definition) is 0. The summed E-state index contributed by atoms with van der Waals surface area (Å²) >= 11 is 6.48. The first-order valence-corrected chi connectivity index (χ1v) is 9.41. The third-order valence-corrected chi connectivity index (χ3v) is 5.48. The summed E-state index contributed by atoms with van der Waals surface area (Å²) in [4.78, 5) is 17.9. The number of aryl methyl sites for hydroxylation is 1. The third-order valence-electron chi connectivity index (χ3n) is 5.17. The van der Waals surface area contributed by atoms with Crippen molar-refractivity contribution in [2.75, 3.05) is 0 Å². The van der Waals surface area contributed by atoms with Crippen LogP contribution >= 0.6 is 11.6 Å². The van der Waals surface area contributed by atoms with Crippen LogP contribution in [-0.4, -0.2) is 9.55 Å². The van der Waals surface area contributed by atoms with Crippen LogP contribution in [0.15, 0.2) is 41.2 Å². The average Bonchev–Trinajstić information content (AvgIpc) is 2.62. The Bertz CT molecular complexity index is 1040. The van der Waals surface area contributed by atoms with Crippen molar-refractivity contribution in [3.05, 3.63) is 63.2 Å². The van der Waals surface area contributed by atoms with Crippen molar-refractivity contribution in [2.24, 2.45) is 0 Å². The minimum absolute atomic E-state index is 0.102. The molecule has 1 saturated carbocycles. The number of rotatable bonds is 2. The quantitative estimate of drug-likeness (QED) is 0.582. The van der Waals surface area contributed by atoms with E-state index in [1.807, 2.05) is 25.1 Å². The normalized spacial score (nSPS) is 15.5. The molecule has 3 aromatic rings. The number of aromatic nitrogens is 2. The zero-order valence-electron chi connectivity index (χ0n) is 14.6. The van der Waals surface area contributed by atoms with Crippen molar-refractivity contribution in [2.45, 2.75) is 45.1 Å². The van der Waals surface area contributed by atoms with Gasteiger partial charge in [0.25, 0.3) is 5.56 Å². The van der Waals surface area contributed by atoms with Crippen molar-refractivity contribution in [3.63, 3.8) is 0 Å². The second-order valence-electron chi connectivity index (χ2n) is 7.05. The van der Waals surface area contributed by atoms with Crippen molar-refractivity contribution < 1.29 is 4.39 Å². The van der Waals surface area contributed by atoms with Gasteiger partial charge in [0.15, 0.2) is 0 Å². The van der Waals surface area contributed by atoms with Gasteiger partial charge < -0.3 is 0 Å². The predicted octanol–water partition coefficient (Wildman–Crippen LogP) is 5.67. The summed E-state index contributed by atoms with van der Waals surface area (Å²) in [6, 6.07) is 9.97. The first kappa shape index (κ1) is 17.2. The minimum atomic E-state index is -0.402. The Labute approximate surface area is 156 Å². The zero-order valence-corrected chi connectivity index (χ0v) is 15.4. The molecule has 0 saturated heterocycles. The van der Waals surface area contributed by atoms with E-state index in [0.29, 0.717) is 27.3 Å². The summed E-state index contributed by atoms with van der Waals surface area (Å²) in [5, 5.41) is 1.00. The molecule has 5 heteroatoms. The third kappa shape index (κ3) is 3.03. The molecule has 134 valence electrons. The summed E-state index contributed by atoms with van der Waals surface area (Å²) in [5.41, 5.74) is 2.01. The lowest BCUT2D eigenvalue weighted by Gasteiger charge is -2.27. The summed E-state index contributed by atoms with van der Waals surface area (Å²) in [7, 11) is 0. The Morgan fingerprint density at radius 3 is 2.62 bits per heavy atom. The van der Waals surface area contributed by atoms with E-state index in [-0.39, 0.29) is 11.6 Å². The van der Waals surface area contributed by atoms with E-state index in [4.69, 9.17) is 11.6 Å². The van der Waals surface area contributed by atoms with Gasteiger partial charge in [-0.05, 0) is 49.6 Å². The summed E-state index contributed by atoms with van der Waals surface area (Å²) in [5.74, 6) is 0.130. The Morgan fingerprint density at radius 1 is 1.12 bits per heavy atom. The molecule has 4 rings (SSSR count). The van der Waals surface area contributed by atoms with E-state index < -0.39 is 5.82 Å². The Morgan fingerprint density at radius 2 is 1.88 bits per heavy atom. The van der Waals surface area contributed by atoms with Crippen LogP contribution in [0.1, 0.15) is 43.7 Å². The van der Waals surface area contributed by atoms with E-state index >= 15 is 0 Å². The highest BCUT2D eigenvalue weighted by Gasteiger charge is 2.23. The van der Waals surface area contributed by atoms with Gasteiger partial charge in [-0.2, -0.15) is 0 Å². The fourth-order valence-electron chi connectivity index (χ4n) is 3.84. The number of fused-ring (bicyclic) bond motifs is 1. The largest absolute Gasteiger partial charge is 0.289 e. The van der Waals surface area contributed by atoms with Crippen LogP contribution in [0.4, 0.5) is 4.39 Å². The van der Waals surface area contributed by atoms with Crippen LogP contribution in [0.25, 0.3) is 22.3 Å². The van der Waals surface area contributed by atoms with Gasteiger partial charge in [0.1, 0.15) is 11.6 Å². The highest BCUT2D eigenvalue weighted by Crippen LogP contribution is 2.34. The topological polar surface area (TPSA) is 34.9 Å². The molecule has 0 radical (unpaired) electrons. The fraction of sp³-hybridized carbons (Fsp3) is 0.333. The summed E-state index contributed by atoms with van der Waals surface area (Å²) in [6.07, 6.45) is 5.28. The number of nitrogens with zero attached hydrogens (tertiary/aromatic N) is 2. The molecule has 0 amide bonds. The van der Waals surface area contributed by atoms with Crippen molar-refractivity contribution >= 4 is 22.5 Å². The van der Waals surface area contributed by atoms with Gasteiger partial charge in [0.05, 0.1) is 15.9 Å². The smallest absolute Gasteiger partial charge is 0.261 e. The maximum atomic E-state index is 13.7. The Kier molecular flexibility index (Phi) is 4.53. The Balaban J connectivity index is 2.03. The fourth-order valence-corrected chi connectivity index (χ4v) is 4.16. The summed E-state index contributed by atoms with van der Waals surface area (Å²) in [6.45, 7) is 1.97. The molecule has 1 aromatic heterocycles. The van der Waals surface area contributed by atoms with Gasteiger partial charge in [-0.25, -0.2) is 9.37 Å². The monoisotopic (exact) mass is 370 g/mol. The van der Waals surface area contributed by atoms with Gasteiger partial charge in [-0.15, -0.1) is 0 Å². The highest BCUT2D eigenvalue weighted by molar-refractivity contribution is 6.33. The van der Waals surface area contributed by atoms with Crippen LogP contribution in [-0.2, 0) is 0 Å². The molecule has 1 aliphatic rings. The molecule has 0 aliphatic heterocycles. The lowest BCUT2D eigenvalue weighted by Crippen LogP contribution is -2.29. The van der Waals surface area contributed by atoms with Crippen LogP contribution in [0, 0.1) is 12.7 Å². The molecule has 0 N–H and O–H groups in total. The molecule has 2 aromatic carbocycles. The first-order valence-electron chi connectivity index (χ1n) is 9.03. The molecular formula is C21H20ClFN2O. The molecular weight excluding hydrogens is 351 g/mol. The van der Waals surface area contributed by atoms with Crippen LogP contribution in [0.5, 0.6) is 0 Å². The van der Waals surface area contributed by atoms with Crippen molar-refractivity contribution in [1.29, 1.82) is 0 Å². The lowest BCUT2D eigenvalue weighted by atomic mass is 9.94. The van der Waals surface area contributed by atoms with Crippen LogP contribution in [0.2, 0.25) is 5.02 Å². The second kappa shape index (κ2) is 6.84. The van der Waals surface area contributed by atoms with Crippen LogP contribution in [0.3, 0.4) is 0 Å². The van der Waals surface area contributed by atoms with Gasteiger partial charge in [-0.1, -0.05) is 36.9 Å². The summed E-state index contributed by atoms with van der Waals surface area (Å²) < 4.78 is 15.5. The molecule has 0 atom stereocenters. The minimum Gasteiger partial charge on any atom is -0.289 e. The van der Waals surface area contributed by atoms with Gasteiger partial charge in [-0.3, -0.25) is 9.36 Å². The van der Waals surface area contributed by atoms with E-state index in [2.05, 4.69) is 4.98 Å². The number of halogens is 2. The SMILES string of the molecule is Cc1ccc(-c2nc3cc(F)ccc3c(=O)n2C2CCCCC2)c(Cl)c1. The standard InChI is InChI=1S/C21H20ClFN2O/c1-13-7-9-16(18(22)11-13)20-24-19-12-14(23)8-10-17(19)21(26)25(20)15-5-3-2-4-6-15/h7-12,15H,2-6H2,1H3. The maximum absolute atomic E-state index is 13.7. The molecule has 1 fully saturated rings. The van der Waals surface area contributed by atoms with Crippen molar-refractivity contribution in [3.8, 4) is 11.4 Å². The molecule has 0 unspecified atom stereocenters. The van der Waals surface area contributed by atoms with E-state index in [1.54, 1.807) is 4.57 Å². The van der Waals surface area contributed by atoms with Crippen LogP contribution < -0.4 is 5.56 Å². The molecule has 0 bridgehead atoms. The maximum Gasteiger partial charge on any atom is 0.261 e. The van der Waals surface area contributed by atoms with E-state index in [0.717, 1.165) is 31.2 Å². The Hall–Kier alpha value is -2.20. The molecule has 26 heavy (non-hydrogen) atoms. The van der Waals surface area contributed by atoms with E-state index in [9.17, 15) is 9.18 Å². The first-order chi connectivity index (χ1) is 12.5. The lowest BCUT2D eigenvalue weighted by molar-refractivity contribution is 0.348. The van der Waals surface area contributed by atoms with Gasteiger partial charge >= 0.3 is 0 Å². The molecule has 0 spiro atoms. The van der Waals surface area contributed by atoms with E-state index in [1.165, 1.54) is 24.6 Å². The van der Waals surface area contributed by atoms with Gasteiger partial charge in [0, 0.05) is 17.7 Å². The number of hydrogen-bond acceptors (Lipinski definition) is 2. The van der Waals surface area contributed by atoms with Crippen molar-refractivity contribution in [1.82, 2.24) is 9.55 Å². The second-order valence-corrected chi connectivity index (χ2v) is 7.45. The molecule has 3 nitrogen and oxygen atoms in total. The van der Waals surface area contributed by atoms with Gasteiger partial charge in [0.2, 0.25) is 0 Å². The predicted molar refractivity (Wildman–Crippen MR) is 103 cm³/mol.